The van der Waals surface area contributed by atoms with E-state index in [0.717, 1.165) is 0 Å². The summed E-state index contributed by atoms with van der Waals surface area (Å²) in [5.74, 6) is -8.87. The average molecular weight is 507 g/mol. The van der Waals surface area contributed by atoms with E-state index in [-0.39, 0.29) is 11.3 Å². The fourth-order valence-electron chi connectivity index (χ4n) is 5.58. The van der Waals surface area contributed by atoms with E-state index in [1.54, 1.807) is 19.1 Å². The monoisotopic (exact) mass is 507 g/mol. The Labute approximate surface area is 203 Å². The predicted molar refractivity (Wildman–Crippen MR) is 119 cm³/mol. The number of nitrogens with two attached hydrogens (primary N) is 1. The van der Waals surface area contributed by atoms with Gasteiger partial charge in [-0.3, -0.25) is 19.3 Å². The summed E-state index contributed by atoms with van der Waals surface area (Å²) in [6.45, 7) is 1.68. The summed E-state index contributed by atoms with van der Waals surface area (Å²) in [7, 11) is 2.92. The highest BCUT2D eigenvalue weighted by Gasteiger charge is 2.68. The third kappa shape index (κ3) is 3.57. The van der Waals surface area contributed by atoms with E-state index in [4.69, 9.17) is 21.1 Å². The Morgan fingerprint density at radius 3 is 2.25 bits per heavy atom. The molecule has 0 radical (unpaired) electrons. The zero-order chi connectivity index (χ0) is 27.4. The van der Waals surface area contributed by atoms with Gasteiger partial charge in [0.1, 0.15) is 22.8 Å². The number of benzene rings is 1. The molecule has 3 aliphatic carbocycles. The zero-order valence-electron chi connectivity index (χ0n) is 19.3. The van der Waals surface area contributed by atoms with E-state index in [2.05, 4.69) is 0 Å². The number of ketones is 2. The Morgan fingerprint density at radius 1 is 1.19 bits per heavy atom. The lowest BCUT2D eigenvalue weighted by Gasteiger charge is -2.53. The summed E-state index contributed by atoms with van der Waals surface area (Å²) in [5.41, 5.74) is 1.47. The maximum absolute atomic E-state index is 13.7. The lowest BCUT2D eigenvalue weighted by molar-refractivity contribution is -0.742. The van der Waals surface area contributed by atoms with Gasteiger partial charge in [0.05, 0.1) is 23.6 Å². The normalized spacial score (nSPS) is 31.2. The number of aliphatic hydroxyl groups is 4. The number of likely N-dealkylation sites (N-methyl/N-ethyl adjacent to an activating group) is 1. The molecular weight excluding hydrogens is 482 g/mol. The Balaban J connectivity index is 0.000000840. The third-order valence-corrected chi connectivity index (χ3v) is 6.99. The molecule has 1 aromatic rings. The molecule has 1 aromatic carbocycles. The van der Waals surface area contributed by atoms with Crippen molar-refractivity contribution in [3.8, 4) is 5.75 Å². The van der Waals surface area contributed by atoms with Crippen molar-refractivity contribution in [3.63, 3.8) is 0 Å². The molecule has 0 bridgehead atoms. The quantitative estimate of drug-likeness (QED) is 0.147. The molecule has 194 valence electrons. The van der Waals surface area contributed by atoms with Crippen LogP contribution in [0.15, 0.2) is 35.1 Å². The minimum atomic E-state index is -2.89. The topological polar surface area (TPSA) is 245 Å². The van der Waals surface area contributed by atoms with Crippen molar-refractivity contribution in [1.82, 2.24) is 4.90 Å². The first-order valence-electron chi connectivity index (χ1n) is 10.6. The van der Waals surface area contributed by atoms with Crippen LogP contribution in [0, 0.1) is 22.0 Å². The number of rotatable bonds is 2. The van der Waals surface area contributed by atoms with Crippen molar-refractivity contribution in [2.75, 3.05) is 14.1 Å². The van der Waals surface area contributed by atoms with Crippen LogP contribution in [0.2, 0.25) is 0 Å². The van der Waals surface area contributed by atoms with Gasteiger partial charge in [-0.2, -0.15) is 0 Å². The van der Waals surface area contributed by atoms with Crippen molar-refractivity contribution >= 4 is 23.2 Å². The van der Waals surface area contributed by atoms with Crippen LogP contribution < -0.4 is 5.73 Å². The Kier molecular flexibility index (Phi) is 6.57. The number of hydrogen-bond donors (Lipinski definition) is 7. The Morgan fingerprint density at radius 2 is 1.75 bits per heavy atom. The molecule has 0 aliphatic heterocycles. The molecule has 1 amide bonds. The van der Waals surface area contributed by atoms with Gasteiger partial charge in [0.15, 0.2) is 11.4 Å². The average Bonchev–Trinajstić information content (AvgIpc) is 2.75. The molecule has 4 rings (SSSR count). The van der Waals surface area contributed by atoms with Crippen LogP contribution >= 0.6 is 0 Å². The number of phenolic OH excluding ortho intramolecular Hbond substituents is 1. The second-order valence-electron chi connectivity index (χ2n) is 9.03. The Bertz CT molecular complexity index is 1230. The highest BCUT2D eigenvalue weighted by Crippen LogP contribution is 2.55. The number of carbonyl (C=O) groups is 3. The van der Waals surface area contributed by atoms with Gasteiger partial charge in [-0.1, -0.05) is 19.1 Å². The van der Waals surface area contributed by atoms with Crippen LogP contribution in [-0.2, 0) is 14.4 Å². The van der Waals surface area contributed by atoms with E-state index in [1.807, 2.05) is 0 Å². The predicted octanol–water partition coefficient (Wildman–Crippen LogP) is -0.852. The van der Waals surface area contributed by atoms with E-state index >= 15 is 0 Å². The molecule has 0 aromatic heterocycles. The van der Waals surface area contributed by atoms with E-state index in [1.165, 1.54) is 25.1 Å². The smallest absolute Gasteiger partial charge is 0.291 e. The van der Waals surface area contributed by atoms with Gasteiger partial charge >= 0.3 is 0 Å². The number of aliphatic hydroxyl groups excluding tert-OH is 3. The summed E-state index contributed by atoms with van der Waals surface area (Å²) in [6, 6.07) is 3.13. The summed E-state index contributed by atoms with van der Waals surface area (Å²) >= 11 is 0. The fraction of sp³-hybridized carbons (Fsp3) is 0.409. The molecular formula is C22H25N3O11. The molecule has 0 unspecified atom stereocenters. The molecule has 14 nitrogen and oxygen atoms in total. The van der Waals surface area contributed by atoms with Crippen molar-refractivity contribution in [2.45, 2.75) is 30.6 Å². The molecule has 14 heteroatoms. The Hall–Kier alpha value is -4.01. The molecule has 1 fully saturated rings. The fourth-order valence-corrected chi connectivity index (χ4v) is 5.58. The van der Waals surface area contributed by atoms with Crippen LogP contribution in [0.1, 0.15) is 24.0 Å². The summed E-state index contributed by atoms with van der Waals surface area (Å²) in [5, 5.41) is 68.5. The van der Waals surface area contributed by atoms with Crippen LogP contribution in [-0.4, -0.2) is 90.0 Å². The zero-order valence-corrected chi connectivity index (χ0v) is 19.3. The molecule has 3 aliphatic rings. The van der Waals surface area contributed by atoms with Crippen molar-refractivity contribution < 1.29 is 50.2 Å². The number of amides is 1. The number of Topliss-reactive ketones (excluding diaryl/α,β-unsaturated/α-hetero) is 2. The molecule has 36 heavy (non-hydrogen) atoms. The van der Waals surface area contributed by atoms with Gasteiger partial charge in [-0.05, 0) is 31.6 Å². The van der Waals surface area contributed by atoms with Gasteiger partial charge in [-0.15, -0.1) is 10.1 Å². The molecule has 0 saturated heterocycles. The lowest BCUT2D eigenvalue weighted by Crippen LogP contribution is -2.70. The van der Waals surface area contributed by atoms with Gasteiger partial charge in [0.2, 0.25) is 5.78 Å². The van der Waals surface area contributed by atoms with E-state index in [9.17, 15) is 39.9 Å². The number of hydrogen-bond acceptors (Lipinski definition) is 11. The highest BCUT2D eigenvalue weighted by molar-refractivity contribution is 6.24. The van der Waals surface area contributed by atoms with Gasteiger partial charge in [0.25, 0.3) is 11.0 Å². The van der Waals surface area contributed by atoms with Gasteiger partial charge < -0.3 is 36.5 Å². The van der Waals surface area contributed by atoms with E-state index in [0.29, 0.717) is 5.56 Å². The molecule has 0 spiro atoms. The molecule has 6 atom stereocenters. The van der Waals surface area contributed by atoms with Crippen molar-refractivity contribution in [1.29, 1.82) is 0 Å². The summed E-state index contributed by atoms with van der Waals surface area (Å²) < 4.78 is 0. The van der Waals surface area contributed by atoms with Crippen LogP contribution in [0.25, 0.3) is 5.76 Å². The molecule has 1 saturated carbocycles. The first-order chi connectivity index (χ1) is 16.6. The van der Waals surface area contributed by atoms with Crippen LogP contribution in [0.4, 0.5) is 0 Å². The van der Waals surface area contributed by atoms with Crippen molar-refractivity contribution in [2.24, 2.45) is 17.6 Å². The van der Waals surface area contributed by atoms with Crippen molar-refractivity contribution in [3.05, 3.63) is 56.3 Å². The van der Waals surface area contributed by atoms with Gasteiger partial charge in [0, 0.05) is 11.5 Å². The second-order valence-corrected chi connectivity index (χ2v) is 9.03. The maximum Gasteiger partial charge on any atom is 0.291 e. The number of carbonyl (C=O) groups excluding carboxylic acids is 3. The minimum Gasteiger partial charge on any atom is -0.508 e. The first kappa shape index (κ1) is 26.6. The van der Waals surface area contributed by atoms with E-state index < -0.39 is 80.7 Å². The number of fused-ring (bicyclic) bond motifs is 3. The van der Waals surface area contributed by atoms with Crippen LogP contribution in [0.5, 0.6) is 5.75 Å². The molecule has 8 N–H and O–H groups in total. The SMILES string of the molecule is C[C@H]1c2cccc(O)c2C(O)=C2C(=O)[C@]3(O)C(O)=C(C(N)=O)C(=O)[C@@H](N(C)C)[C@@H]3[C@@H](O)[C@@H]21.O=[N+]([O-])O. The second kappa shape index (κ2) is 8.89. The summed E-state index contributed by atoms with van der Waals surface area (Å²) in [6.07, 6.45) is -1.59. The lowest BCUT2D eigenvalue weighted by atomic mass is 9.54. The number of nitrogens with zero attached hydrogens (tertiary/aromatic N) is 2. The minimum absolute atomic E-state index is 0.0245. The highest BCUT2D eigenvalue weighted by atomic mass is 16.9. The third-order valence-electron chi connectivity index (χ3n) is 6.99. The standard InChI is InChI=1S/C22H24N2O8.HNO3/c1-7-8-5-4-6-9(25)11(8)16(26)12-10(7)17(27)14-15(24(2)3)18(28)13(21(23)31)20(30)22(14,32)19(12)29;2-1(3)4/h4-7,10,14-15,17,25-27,30,32H,1-3H3,(H2,23,31);(H,2,3,4)/t7-,10+,14+,15-,17-,22-;/m0./s1. The van der Waals surface area contributed by atoms with Gasteiger partial charge in [-0.25, -0.2) is 0 Å². The molecule has 0 heterocycles. The number of primary amides is 1. The first-order valence-corrected chi connectivity index (χ1v) is 10.6. The maximum atomic E-state index is 13.7. The number of aromatic hydroxyl groups is 1. The summed E-state index contributed by atoms with van der Waals surface area (Å²) in [4.78, 5) is 48.3. The van der Waals surface area contributed by atoms with Crippen LogP contribution in [0.3, 0.4) is 0 Å². The number of phenols is 1. The largest absolute Gasteiger partial charge is 0.508 e.